The molecule has 0 saturated heterocycles. The van der Waals surface area contributed by atoms with Crippen LogP contribution in [0.1, 0.15) is 43.9 Å². The molecule has 1 N–H and O–H groups in total. The van der Waals surface area contributed by atoms with Crippen molar-refractivity contribution in [3.8, 4) is 17.2 Å². The number of ether oxygens (including phenoxy) is 3. The first kappa shape index (κ1) is 21.6. The van der Waals surface area contributed by atoms with Gasteiger partial charge in [0.15, 0.2) is 11.5 Å². The van der Waals surface area contributed by atoms with Crippen LogP contribution in [0, 0.1) is 0 Å². The molecule has 0 fully saturated rings. The summed E-state index contributed by atoms with van der Waals surface area (Å²) < 4.78 is 16.0. The molecule has 2 aromatic rings. The molecule has 28 heavy (non-hydrogen) atoms. The second-order valence-electron chi connectivity index (χ2n) is 7.74. The molecule has 5 nitrogen and oxygen atoms in total. The number of nitrogens with one attached hydrogen (secondary N) is 1. The zero-order valence-corrected chi connectivity index (χ0v) is 17.7. The Bertz CT molecular complexity index is 791. The van der Waals surface area contributed by atoms with Gasteiger partial charge in [0, 0.05) is 24.6 Å². The van der Waals surface area contributed by atoms with E-state index in [9.17, 15) is 4.79 Å². The molecular weight excluding hydrogens is 354 g/mol. The predicted molar refractivity (Wildman–Crippen MR) is 111 cm³/mol. The molecular formula is C23H31NO4. The highest BCUT2D eigenvalue weighted by molar-refractivity contribution is 5.76. The quantitative estimate of drug-likeness (QED) is 0.738. The maximum Gasteiger partial charge on any atom is 0.220 e. The van der Waals surface area contributed by atoms with Gasteiger partial charge < -0.3 is 19.5 Å². The molecule has 0 bridgehead atoms. The van der Waals surface area contributed by atoms with Crippen LogP contribution in [-0.2, 0) is 23.2 Å². The number of hydrogen-bond acceptors (Lipinski definition) is 4. The number of benzene rings is 2. The number of carbonyl (C=O) groups is 1. The lowest BCUT2D eigenvalue weighted by molar-refractivity contribution is -0.121. The first-order valence-electron chi connectivity index (χ1n) is 9.43. The van der Waals surface area contributed by atoms with Gasteiger partial charge in [-0.15, -0.1) is 0 Å². The van der Waals surface area contributed by atoms with Gasteiger partial charge >= 0.3 is 0 Å². The van der Waals surface area contributed by atoms with Gasteiger partial charge in [-0.1, -0.05) is 45.0 Å². The fraction of sp³-hybridized carbons (Fsp3) is 0.435. The molecule has 0 unspecified atom stereocenters. The van der Waals surface area contributed by atoms with Crippen LogP contribution in [0.3, 0.4) is 0 Å². The molecule has 0 atom stereocenters. The highest BCUT2D eigenvalue weighted by Gasteiger charge is 2.14. The van der Waals surface area contributed by atoms with E-state index >= 15 is 0 Å². The van der Waals surface area contributed by atoms with Crippen LogP contribution in [0.2, 0.25) is 0 Å². The smallest absolute Gasteiger partial charge is 0.220 e. The molecule has 0 heterocycles. The molecule has 0 aliphatic carbocycles. The summed E-state index contributed by atoms with van der Waals surface area (Å²) in [5, 5.41) is 2.95. The molecule has 0 aliphatic heterocycles. The molecule has 0 aliphatic rings. The third kappa shape index (κ3) is 5.65. The summed E-state index contributed by atoms with van der Waals surface area (Å²) in [7, 11) is 4.75. The van der Waals surface area contributed by atoms with Crippen molar-refractivity contribution in [2.45, 2.75) is 45.6 Å². The maximum absolute atomic E-state index is 12.3. The normalized spacial score (nSPS) is 11.1. The summed E-state index contributed by atoms with van der Waals surface area (Å²) in [6.45, 7) is 6.94. The van der Waals surface area contributed by atoms with E-state index in [1.54, 1.807) is 27.4 Å². The Morgan fingerprint density at radius 1 is 0.893 bits per heavy atom. The van der Waals surface area contributed by atoms with Gasteiger partial charge in [-0.25, -0.2) is 0 Å². The Kier molecular flexibility index (Phi) is 7.32. The molecule has 0 radical (unpaired) electrons. The van der Waals surface area contributed by atoms with Gasteiger partial charge in [0.2, 0.25) is 5.91 Å². The Hall–Kier alpha value is -2.69. The average molecular weight is 386 g/mol. The lowest BCUT2D eigenvalue weighted by Crippen LogP contribution is -2.23. The summed E-state index contributed by atoms with van der Waals surface area (Å²) >= 11 is 0. The van der Waals surface area contributed by atoms with Crippen LogP contribution in [0.25, 0.3) is 0 Å². The standard InChI is InChI=1S/C23H31NO4/c1-23(2,3)18-10-7-16(8-11-18)9-12-22(25)24-15-17-13-20(27-5)21(28-6)14-19(17)26-4/h7-8,10-11,13-14H,9,12,15H2,1-6H3,(H,24,25). The molecule has 0 spiro atoms. The minimum Gasteiger partial charge on any atom is -0.496 e. The van der Waals surface area contributed by atoms with Crippen molar-refractivity contribution >= 4 is 5.91 Å². The van der Waals surface area contributed by atoms with Crippen molar-refractivity contribution < 1.29 is 19.0 Å². The van der Waals surface area contributed by atoms with Crippen LogP contribution < -0.4 is 19.5 Å². The maximum atomic E-state index is 12.3. The summed E-state index contributed by atoms with van der Waals surface area (Å²) in [5.74, 6) is 1.84. The molecule has 1 amide bonds. The number of amides is 1. The van der Waals surface area contributed by atoms with Gasteiger partial charge in [-0.3, -0.25) is 4.79 Å². The largest absolute Gasteiger partial charge is 0.496 e. The van der Waals surface area contributed by atoms with Crippen molar-refractivity contribution in [2.75, 3.05) is 21.3 Å². The van der Waals surface area contributed by atoms with E-state index in [1.165, 1.54) is 5.56 Å². The van der Waals surface area contributed by atoms with E-state index in [0.29, 0.717) is 36.6 Å². The van der Waals surface area contributed by atoms with Gasteiger partial charge in [0.05, 0.1) is 21.3 Å². The second-order valence-corrected chi connectivity index (χ2v) is 7.74. The number of aryl methyl sites for hydroxylation is 1. The first-order valence-corrected chi connectivity index (χ1v) is 9.43. The Balaban J connectivity index is 1.94. The average Bonchev–Trinajstić information content (AvgIpc) is 2.69. The van der Waals surface area contributed by atoms with Crippen LogP contribution >= 0.6 is 0 Å². The topological polar surface area (TPSA) is 56.8 Å². The number of carbonyl (C=O) groups excluding carboxylic acids is 1. The van der Waals surface area contributed by atoms with Gasteiger partial charge in [-0.05, 0) is 29.0 Å². The SMILES string of the molecule is COc1cc(OC)c(OC)cc1CNC(=O)CCc1ccc(C(C)(C)C)cc1. The summed E-state index contributed by atoms with van der Waals surface area (Å²) in [4.78, 5) is 12.3. The van der Waals surface area contributed by atoms with Crippen molar-refractivity contribution in [2.24, 2.45) is 0 Å². The zero-order valence-electron chi connectivity index (χ0n) is 17.7. The molecule has 5 heteroatoms. The van der Waals surface area contributed by atoms with Crippen molar-refractivity contribution in [3.63, 3.8) is 0 Å². The van der Waals surface area contributed by atoms with E-state index in [4.69, 9.17) is 14.2 Å². The summed E-state index contributed by atoms with van der Waals surface area (Å²) in [5.41, 5.74) is 3.42. The van der Waals surface area contributed by atoms with E-state index in [2.05, 4.69) is 50.4 Å². The van der Waals surface area contributed by atoms with Crippen molar-refractivity contribution in [1.82, 2.24) is 5.32 Å². The fourth-order valence-electron chi connectivity index (χ4n) is 2.94. The van der Waals surface area contributed by atoms with Crippen LogP contribution in [-0.4, -0.2) is 27.2 Å². The molecule has 2 aromatic carbocycles. The summed E-state index contributed by atoms with van der Waals surface area (Å²) in [6.07, 6.45) is 1.14. The third-order valence-electron chi connectivity index (χ3n) is 4.72. The lowest BCUT2D eigenvalue weighted by atomic mass is 9.86. The lowest BCUT2D eigenvalue weighted by Gasteiger charge is -2.19. The Labute approximate surface area is 168 Å². The highest BCUT2D eigenvalue weighted by Crippen LogP contribution is 2.34. The minimum atomic E-state index is -0.00302. The van der Waals surface area contributed by atoms with E-state index in [1.807, 2.05) is 6.07 Å². The monoisotopic (exact) mass is 385 g/mol. The van der Waals surface area contributed by atoms with E-state index < -0.39 is 0 Å². The van der Waals surface area contributed by atoms with E-state index in [-0.39, 0.29) is 11.3 Å². The minimum absolute atomic E-state index is 0.00302. The predicted octanol–water partition coefficient (Wildman–Crippen LogP) is 4.26. The highest BCUT2D eigenvalue weighted by atomic mass is 16.5. The fourth-order valence-corrected chi connectivity index (χ4v) is 2.94. The molecule has 152 valence electrons. The van der Waals surface area contributed by atoms with Crippen LogP contribution in [0.15, 0.2) is 36.4 Å². The van der Waals surface area contributed by atoms with Crippen LogP contribution in [0.4, 0.5) is 0 Å². The number of methoxy groups -OCH3 is 3. The molecule has 0 aromatic heterocycles. The Morgan fingerprint density at radius 3 is 2.00 bits per heavy atom. The Morgan fingerprint density at radius 2 is 1.46 bits per heavy atom. The number of hydrogen-bond donors (Lipinski definition) is 1. The van der Waals surface area contributed by atoms with Crippen molar-refractivity contribution in [3.05, 3.63) is 53.1 Å². The second kappa shape index (κ2) is 9.49. The van der Waals surface area contributed by atoms with Crippen molar-refractivity contribution in [1.29, 1.82) is 0 Å². The molecule has 2 rings (SSSR count). The molecule has 0 saturated carbocycles. The van der Waals surface area contributed by atoms with Gasteiger partial charge in [0.1, 0.15) is 5.75 Å². The van der Waals surface area contributed by atoms with Gasteiger partial charge in [0.25, 0.3) is 0 Å². The van der Waals surface area contributed by atoms with E-state index in [0.717, 1.165) is 11.1 Å². The number of rotatable bonds is 8. The van der Waals surface area contributed by atoms with Crippen LogP contribution in [0.5, 0.6) is 17.2 Å². The summed E-state index contributed by atoms with van der Waals surface area (Å²) in [6, 6.07) is 12.1. The zero-order chi connectivity index (χ0) is 20.7. The third-order valence-corrected chi connectivity index (χ3v) is 4.72. The first-order chi connectivity index (χ1) is 13.3. The van der Waals surface area contributed by atoms with Gasteiger partial charge in [-0.2, -0.15) is 0 Å².